The van der Waals surface area contributed by atoms with Crippen LogP contribution in [0.2, 0.25) is 0 Å². The van der Waals surface area contributed by atoms with E-state index in [-0.39, 0.29) is 47.8 Å². The minimum atomic E-state index is -0.368. The zero-order valence-corrected chi connectivity index (χ0v) is 13.2. The number of carbonyl (C=O) groups excluding carboxylic acids is 1. The maximum atomic E-state index is 13.7. The molecule has 1 aliphatic heterocycles. The Labute approximate surface area is 136 Å². The van der Waals surface area contributed by atoms with Crippen molar-refractivity contribution in [3.63, 3.8) is 0 Å². The molecule has 1 heterocycles. The molecule has 2 aliphatic rings. The van der Waals surface area contributed by atoms with Gasteiger partial charge in [-0.3, -0.25) is 4.79 Å². The molecule has 0 bridgehead atoms. The molecule has 1 aromatic rings. The number of halogens is 2. The van der Waals surface area contributed by atoms with Crippen LogP contribution >= 0.6 is 12.4 Å². The summed E-state index contributed by atoms with van der Waals surface area (Å²) in [5.74, 6) is 0.222. The van der Waals surface area contributed by atoms with Crippen LogP contribution in [0.15, 0.2) is 18.2 Å². The van der Waals surface area contributed by atoms with Crippen LogP contribution in [0.4, 0.5) is 4.39 Å². The number of nitrogens with one attached hydrogen (secondary N) is 1. The minimum Gasteiger partial charge on any atom is -0.490 e. The quantitative estimate of drug-likeness (QED) is 0.896. The number of para-hydroxylation sites is 1. The van der Waals surface area contributed by atoms with Gasteiger partial charge in [0.25, 0.3) is 0 Å². The molecule has 3 atom stereocenters. The molecular weight excluding hydrogens is 307 g/mol. The van der Waals surface area contributed by atoms with Gasteiger partial charge in [0.2, 0.25) is 5.91 Å². The van der Waals surface area contributed by atoms with E-state index in [1.54, 1.807) is 6.07 Å². The van der Waals surface area contributed by atoms with Gasteiger partial charge in [0.05, 0.1) is 12.6 Å². The summed E-state index contributed by atoms with van der Waals surface area (Å²) in [6.45, 7) is 0.973. The first kappa shape index (κ1) is 17.0. The molecule has 1 amide bonds. The third-order valence-corrected chi connectivity index (χ3v) is 4.64. The highest BCUT2D eigenvalue weighted by atomic mass is 35.5. The van der Waals surface area contributed by atoms with Gasteiger partial charge in [0.15, 0.2) is 11.6 Å². The van der Waals surface area contributed by atoms with E-state index < -0.39 is 0 Å². The maximum Gasteiger partial charge on any atom is 0.223 e. The molecule has 0 saturated heterocycles. The number of hydrogen-bond donors (Lipinski definition) is 2. The molecule has 0 aromatic heterocycles. The van der Waals surface area contributed by atoms with Gasteiger partial charge >= 0.3 is 0 Å². The zero-order valence-electron chi connectivity index (χ0n) is 12.4. The van der Waals surface area contributed by atoms with Crippen molar-refractivity contribution in [3.8, 4) is 5.75 Å². The highest BCUT2D eigenvalue weighted by molar-refractivity contribution is 5.85. The van der Waals surface area contributed by atoms with Gasteiger partial charge in [-0.15, -0.1) is 12.4 Å². The van der Waals surface area contributed by atoms with Gasteiger partial charge in [-0.05, 0) is 31.4 Å². The number of ether oxygens (including phenoxy) is 1. The molecule has 6 heteroatoms. The van der Waals surface area contributed by atoms with E-state index in [1.807, 2.05) is 6.07 Å². The number of benzene rings is 1. The van der Waals surface area contributed by atoms with Crippen LogP contribution in [-0.4, -0.2) is 19.1 Å². The average Bonchev–Trinajstić information content (AvgIpc) is 2.97. The highest BCUT2D eigenvalue weighted by Crippen LogP contribution is 2.36. The van der Waals surface area contributed by atoms with Gasteiger partial charge in [0, 0.05) is 17.9 Å². The Balaban J connectivity index is 0.00000176. The van der Waals surface area contributed by atoms with Crippen LogP contribution in [0.3, 0.4) is 0 Å². The van der Waals surface area contributed by atoms with Crippen LogP contribution < -0.4 is 15.8 Å². The van der Waals surface area contributed by atoms with Gasteiger partial charge in [-0.25, -0.2) is 4.39 Å². The van der Waals surface area contributed by atoms with Crippen molar-refractivity contribution >= 4 is 18.3 Å². The van der Waals surface area contributed by atoms with Crippen LogP contribution in [0.25, 0.3) is 0 Å². The van der Waals surface area contributed by atoms with E-state index in [4.69, 9.17) is 10.5 Å². The highest BCUT2D eigenvalue weighted by Gasteiger charge is 2.34. The first-order chi connectivity index (χ1) is 10.2. The SMILES string of the molecule is Cl.NC[C@H]1CCC[C@H]1C(=O)N[C@@H]1CCOc2c(F)cccc21. The number of rotatable bonds is 3. The van der Waals surface area contributed by atoms with E-state index in [9.17, 15) is 9.18 Å². The fourth-order valence-electron chi connectivity index (χ4n) is 3.48. The molecule has 0 spiro atoms. The van der Waals surface area contributed by atoms with Crippen molar-refractivity contribution in [2.24, 2.45) is 17.6 Å². The Bertz CT molecular complexity index is 541. The van der Waals surface area contributed by atoms with Crippen molar-refractivity contribution in [3.05, 3.63) is 29.6 Å². The number of carbonyl (C=O) groups is 1. The first-order valence-corrected chi connectivity index (χ1v) is 7.62. The standard InChI is InChI=1S/C16H21FN2O2.ClH/c17-13-6-2-5-12-14(7-8-21-15(12)13)19-16(20)11-4-1-3-10(11)9-18;/h2,5-6,10-11,14H,1,3-4,7-9,18H2,(H,19,20);1H/t10-,11-,14-;/m1./s1. The van der Waals surface area contributed by atoms with E-state index in [0.717, 1.165) is 24.8 Å². The molecule has 22 heavy (non-hydrogen) atoms. The van der Waals surface area contributed by atoms with E-state index in [1.165, 1.54) is 6.07 Å². The predicted octanol–water partition coefficient (Wildman–Crippen LogP) is 2.56. The second kappa shape index (κ2) is 7.29. The molecular formula is C16H22ClFN2O2. The summed E-state index contributed by atoms with van der Waals surface area (Å²) in [7, 11) is 0. The Morgan fingerprint density at radius 2 is 2.18 bits per heavy atom. The molecule has 3 rings (SSSR count). The summed E-state index contributed by atoms with van der Waals surface area (Å²) in [6.07, 6.45) is 3.64. The molecule has 122 valence electrons. The molecule has 1 aromatic carbocycles. The van der Waals surface area contributed by atoms with Crippen molar-refractivity contribution in [1.29, 1.82) is 0 Å². The van der Waals surface area contributed by atoms with Crippen molar-refractivity contribution in [2.45, 2.75) is 31.7 Å². The lowest BCUT2D eigenvalue weighted by atomic mass is 9.93. The normalized spacial score (nSPS) is 26.5. The third kappa shape index (κ3) is 3.20. The fraction of sp³-hybridized carbons (Fsp3) is 0.562. The number of amides is 1. The predicted molar refractivity (Wildman–Crippen MR) is 84.5 cm³/mol. The van der Waals surface area contributed by atoms with Gasteiger partial charge < -0.3 is 15.8 Å². The van der Waals surface area contributed by atoms with Crippen LogP contribution in [-0.2, 0) is 4.79 Å². The van der Waals surface area contributed by atoms with Crippen LogP contribution in [0, 0.1) is 17.7 Å². The molecule has 1 saturated carbocycles. The smallest absolute Gasteiger partial charge is 0.223 e. The number of hydrogen-bond acceptors (Lipinski definition) is 3. The van der Waals surface area contributed by atoms with Crippen molar-refractivity contribution in [2.75, 3.05) is 13.2 Å². The minimum absolute atomic E-state index is 0. The lowest BCUT2D eigenvalue weighted by Crippen LogP contribution is -2.39. The summed E-state index contributed by atoms with van der Waals surface area (Å²) >= 11 is 0. The largest absolute Gasteiger partial charge is 0.490 e. The lowest BCUT2D eigenvalue weighted by molar-refractivity contribution is -0.126. The lowest BCUT2D eigenvalue weighted by Gasteiger charge is -2.28. The molecule has 0 unspecified atom stereocenters. The average molecular weight is 329 g/mol. The summed E-state index contributed by atoms with van der Waals surface area (Å²) in [5.41, 5.74) is 6.48. The van der Waals surface area contributed by atoms with Gasteiger partial charge in [-0.1, -0.05) is 18.6 Å². The summed E-state index contributed by atoms with van der Waals surface area (Å²) in [6, 6.07) is 4.68. The maximum absolute atomic E-state index is 13.7. The van der Waals surface area contributed by atoms with Gasteiger partial charge in [0.1, 0.15) is 0 Å². The van der Waals surface area contributed by atoms with E-state index in [2.05, 4.69) is 5.32 Å². The molecule has 1 aliphatic carbocycles. The molecule has 1 fully saturated rings. The monoisotopic (exact) mass is 328 g/mol. The number of nitrogens with two attached hydrogens (primary N) is 1. The second-order valence-electron chi connectivity index (χ2n) is 5.89. The Morgan fingerprint density at radius 1 is 1.36 bits per heavy atom. The third-order valence-electron chi connectivity index (χ3n) is 4.64. The molecule has 0 radical (unpaired) electrons. The number of fused-ring (bicyclic) bond motifs is 1. The van der Waals surface area contributed by atoms with E-state index in [0.29, 0.717) is 19.6 Å². The second-order valence-corrected chi connectivity index (χ2v) is 5.89. The van der Waals surface area contributed by atoms with Crippen molar-refractivity contribution in [1.82, 2.24) is 5.32 Å². The van der Waals surface area contributed by atoms with E-state index >= 15 is 0 Å². The first-order valence-electron chi connectivity index (χ1n) is 7.62. The van der Waals surface area contributed by atoms with Crippen LogP contribution in [0.5, 0.6) is 5.75 Å². The molecule has 3 N–H and O–H groups in total. The Kier molecular flexibility index (Phi) is 5.64. The molecule has 4 nitrogen and oxygen atoms in total. The fourth-order valence-corrected chi connectivity index (χ4v) is 3.48. The topological polar surface area (TPSA) is 64.4 Å². The van der Waals surface area contributed by atoms with Crippen molar-refractivity contribution < 1.29 is 13.9 Å². The summed E-state index contributed by atoms with van der Waals surface area (Å²) in [4.78, 5) is 12.5. The van der Waals surface area contributed by atoms with Crippen LogP contribution in [0.1, 0.15) is 37.3 Å². The zero-order chi connectivity index (χ0) is 14.8. The Morgan fingerprint density at radius 3 is 2.95 bits per heavy atom. The van der Waals surface area contributed by atoms with Gasteiger partial charge in [-0.2, -0.15) is 0 Å². The Hall–Kier alpha value is -1.33. The summed E-state index contributed by atoms with van der Waals surface area (Å²) < 4.78 is 19.1. The summed E-state index contributed by atoms with van der Waals surface area (Å²) in [5, 5.41) is 3.07.